The Morgan fingerprint density at radius 2 is 2.00 bits per heavy atom. The second-order valence-electron chi connectivity index (χ2n) is 6.23. The van der Waals surface area contributed by atoms with Crippen LogP contribution in [0.1, 0.15) is 27.3 Å². The van der Waals surface area contributed by atoms with Crippen LogP contribution in [0.15, 0.2) is 48.1 Å². The summed E-state index contributed by atoms with van der Waals surface area (Å²) in [5.74, 6) is 1.10. The van der Waals surface area contributed by atoms with Crippen molar-refractivity contribution in [2.24, 2.45) is 0 Å². The number of Topliss-reactive ketones (excluding diaryl/α,β-unsaturated/α-hetero) is 1. The maximum Gasteiger partial charge on any atom is 0.209 e. The lowest BCUT2D eigenvalue weighted by Gasteiger charge is -2.05. The number of H-pyrrole nitrogens is 1. The Morgan fingerprint density at radius 1 is 1.27 bits per heavy atom. The first-order valence-electron chi connectivity index (χ1n) is 8.42. The minimum absolute atomic E-state index is 0.0834. The topological polar surface area (TPSA) is 63.6 Å². The number of carbonyl (C=O) groups excluding carboxylic acids is 1. The van der Waals surface area contributed by atoms with Crippen molar-refractivity contribution in [3.8, 4) is 11.4 Å². The molecular weight excluding hydrogens is 344 g/mol. The van der Waals surface area contributed by atoms with Crippen LogP contribution in [0.3, 0.4) is 0 Å². The van der Waals surface area contributed by atoms with Gasteiger partial charge in [-0.1, -0.05) is 47.7 Å². The normalized spacial score (nSPS) is 10.9. The molecule has 0 amide bonds. The largest absolute Gasteiger partial charge is 0.345 e. The van der Waals surface area contributed by atoms with E-state index in [1.54, 1.807) is 0 Å². The van der Waals surface area contributed by atoms with Crippen LogP contribution >= 0.6 is 11.8 Å². The van der Waals surface area contributed by atoms with E-state index in [-0.39, 0.29) is 5.78 Å². The lowest BCUT2D eigenvalue weighted by atomic mass is 10.1. The third-order valence-electron chi connectivity index (χ3n) is 4.31. The van der Waals surface area contributed by atoms with Gasteiger partial charge in [0.05, 0.1) is 5.75 Å². The first-order chi connectivity index (χ1) is 12.5. The standard InChI is InChI=1S/C20H22N4OS/c1-5-10-24-14(3)11-17(15(24)4)18(25)12-26-20-21-19(22-23-20)16-8-6-13(2)7-9-16/h5-9,11H,1,10,12H2,2-4H3,(H,21,22,23). The Morgan fingerprint density at radius 3 is 2.69 bits per heavy atom. The Bertz CT molecular complexity index is 937. The molecule has 134 valence electrons. The molecular formula is C20H22N4OS. The number of aryl methyl sites for hydroxylation is 2. The molecule has 0 aliphatic rings. The summed E-state index contributed by atoms with van der Waals surface area (Å²) in [6.07, 6.45) is 1.84. The number of allylic oxidation sites excluding steroid dienone is 1. The maximum atomic E-state index is 12.6. The predicted octanol–water partition coefficient (Wildman–Crippen LogP) is 4.36. The molecule has 26 heavy (non-hydrogen) atoms. The molecule has 3 aromatic rings. The number of thioether (sulfide) groups is 1. The van der Waals surface area contributed by atoms with E-state index in [0.29, 0.717) is 23.3 Å². The quantitative estimate of drug-likeness (QED) is 0.383. The summed E-state index contributed by atoms with van der Waals surface area (Å²) in [4.78, 5) is 17.1. The van der Waals surface area contributed by atoms with Gasteiger partial charge >= 0.3 is 0 Å². The number of rotatable bonds is 7. The molecule has 6 heteroatoms. The lowest BCUT2D eigenvalue weighted by molar-refractivity contribution is 0.102. The zero-order chi connectivity index (χ0) is 18.7. The minimum Gasteiger partial charge on any atom is -0.345 e. The second-order valence-corrected chi connectivity index (χ2v) is 7.17. The van der Waals surface area contributed by atoms with Crippen LogP contribution in [0.25, 0.3) is 11.4 Å². The fourth-order valence-corrected chi connectivity index (χ4v) is 3.53. The van der Waals surface area contributed by atoms with Crippen LogP contribution in [-0.2, 0) is 6.54 Å². The van der Waals surface area contributed by atoms with Gasteiger partial charge in [0.1, 0.15) is 0 Å². The number of aromatic nitrogens is 4. The summed E-state index contributed by atoms with van der Waals surface area (Å²) in [5.41, 5.74) is 4.97. The van der Waals surface area contributed by atoms with E-state index in [0.717, 1.165) is 22.5 Å². The predicted molar refractivity (Wildman–Crippen MR) is 106 cm³/mol. The molecule has 0 saturated heterocycles. The summed E-state index contributed by atoms with van der Waals surface area (Å²) >= 11 is 1.35. The molecule has 0 unspecified atom stereocenters. The van der Waals surface area contributed by atoms with Crippen LogP contribution < -0.4 is 0 Å². The number of hydrogen-bond acceptors (Lipinski definition) is 4. The van der Waals surface area contributed by atoms with Crippen LogP contribution in [-0.4, -0.2) is 31.3 Å². The third kappa shape index (κ3) is 3.80. The fourth-order valence-electron chi connectivity index (χ4n) is 2.85. The molecule has 5 nitrogen and oxygen atoms in total. The average Bonchev–Trinajstić information content (AvgIpc) is 3.21. The fraction of sp³-hybridized carbons (Fsp3) is 0.250. The summed E-state index contributed by atoms with van der Waals surface area (Å²) in [5, 5.41) is 7.73. The molecule has 0 aliphatic carbocycles. The average molecular weight is 366 g/mol. The summed E-state index contributed by atoms with van der Waals surface area (Å²) in [7, 11) is 0. The molecule has 0 radical (unpaired) electrons. The molecule has 3 rings (SSSR count). The van der Waals surface area contributed by atoms with Crippen LogP contribution in [0.4, 0.5) is 0 Å². The van der Waals surface area contributed by atoms with Gasteiger partial charge in [0.25, 0.3) is 0 Å². The van der Waals surface area contributed by atoms with Crippen molar-refractivity contribution in [2.75, 3.05) is 5.75 Å². The van der Waals surface area contributed by atoms with Gasteiger partial charge in [0.15, 0.2) is 11.6 Å². The highest BCUT2D eigenvalue weighted by Crippen LogP contribution is 2.22. The van der Waals surface area contributed by atoms with Gasteiger partial charge in [0, 0.05) is 29.1 Å². The van der Waals surface area contributed by atoms with Crippen molar-refractivity contribution in [1.29, 1.82) is 0 Å². The highest BCUT2D eigenvalue weighted by molar-refractivity contribution is 7.99. The summed E-state index contributed by atoms with van der Waals surface area (Å²) < 4.78 is 2.09. The number of nitrogens with zero attached hydrogens (tertiary/aromatic N) is 3. The molecule has 0 spiro atoms. The van der Waals surface area contributed by atoms with Crippen molar-refractivity contribution < 1.29 is 4.79 Å². The Balaban J connectivity index is 1.68. The molecule has 0 bridgehead atoms. The van der Waals surface area contributed by atoms with Crippen LogP contribution in [0.2, 0.25) is 0 Å². The van der Waals surface area contributed by atoms with Crippen LogP contribution in [0, 0.1) is 20.8 Å². The molecule has 0 saturated carbocycles. The zero-order valence-electron chi connectivity index (χ0n) is 15.2. The van der Waals surface area contributed by atoms with E-state index in [1.807, 2.05) is 57.2 Å². The number of benzene rings is 1. The molecule has 2 heterocycles. The van der Waals surface area contributed by atoms with E-state index in [1.165, 1.54) is 17.3 Å². The Hall–Kier alpha value is -2.60. The van der Waals surface area contributed by atoms with E-state index < -0.39 is 0 Å². The Kier molecular flexibility index (Phi) is 5.42. The molecule has 0 aliphatic heterocycles. The van der Waals surface area contributed by atoms with Gasteiger partial charge in [-0.3, -0.25) is 9.89 Å². The first-order valence-corrected chi connectivity index (χ1v) is 9.41. The van der Waals surface area contributed by atoms with Crippen molar-refractivity contribution >= 4 is 17.5 Å². The van der Waals surface area contributed by atoms with Crippen molar-refractivity contribution in [1.82, 2.24) is 19.7 Å². The first kappa shape index (κ1) is 18.2. The Labute approximate surface area is 157 Å². The van der Waals surface area contributed by atoms with Crippen LogP contribution in [0.5, 0.6) is 0 Å². The van der Waals surface area contributed by atoms with E-state index in [9.17, 15) is 4.79 Å². The number of aromatic amines is 1. The van der Waals surface area contributed by atoms with Gasteiger partial charge in [-0.25, -0.2) is 4.98 Å². The van der Waals surface area contributed by atoms with Gasteiger partial charge in [-0.2, -0.15) is 0 Å². The van der Waals surface area contributed by atoms with E-state index >= 15 is 0 Å². The SMILES string of the molecule is C=CCn1c(C)cc(C(=O)CSc2n[nH]c(-c3ccc(C)cc3)n2)c1C. The monoisotopic (exact) mass is 366 g/mol. The second kappa shape index (κ2) is 7.74. The highest BCUT2D eigenvalue weighted by Gasteiger charge is 2.16. The molecule has 2 aromatic heterocycles. The van der Waals surface area contributed by atoms with Gasteiger partial charge in [0.2, 0.25) is 5.16 Å². The molecule has 1 N–H and O–H groups in total. The minimum atomic E-state index is 0.0834. The van der Waals surface area contributed by atoms with E-state index in [4.69, 9.17) is 0 Å². The summed E-state index contributed by atoms with van der Waals surface area (Å²) in [6.45, 7) is 10.5. The van der Waals surface area contributed by atoms with Gasteiger partial charge in [-0.05, 0) is 26.8 Å². The summed E-state index contributed by atoms with van der Waals surface area (Å²) in [6, 6.07) is 10.0. The van der Waals surface area contributed by atoms with Crippen molar-refractivity contribution in [2.45, 2.75) is 32.5 Å². The van der Waals surface area contributed by atoms with Crippen molar-refractivity contribution in [3.63, 3.8) is 0 Å². The maximum absolute atomic E-state index is 12.6. The molecule has 1 aromatic carbocycles. The molecule has 0 atom stereocenters. The third-order valence-corrected chi connectivity index (χ3v) is 5.16. The zero-order valence-corrected chi connectivity index (χ0v) is 16.1. The van der Waals surface area contributed by atoms with Gasteiger partial charge < -0.3 is 4.57 Å². The van der Waals surface area contributed by atoms with E-state index in [2.05, 4.69) is 26.3 Å². The lowest BCUT2D eigenvalue weighted by Crippen LogP contribution is -2.06. The number of hydrogen-bond donors (Lipinski definition) is 1. The number of nitrogens with one attached hydrogen (secondary N) is 1. The number of carbonyl (C=O) groups is 1. The smallest absolute Gasteiger partial charge is 0.209 e. The van der Waals surface area contributed by atoms with Gasteiger partial charge in [-0.15, -0.1) is 11.7 Å². The molecule has 0 fully saturated rings. The highest BCUT2D eigenvalue weighted by atomic mass is 32.2. The number of ketones is 1. The van der Waals surface area contributed by atoms with Crippen molar-refractivity contribution in [3.05, 3.63) is 65.5 Å².